The van der Waals surface area contributed by atoms with E-state index < -0.39 is 20.8 Å². The van der Waals surface area contributed by atoms with E-state index in [0.29, 0.717) is 24.1 Å². The molecule has 1 aliphatic heterocycles. The standard InChI is InChI=1S/C16H15FN2O4S/c1-11-2-3-12-10-13(17)4-9-16(12)18(11)24(22,23)15-7-5-14(6-8-15)19(20)21/h4-11H,2-3H2,1H3/t11-/m0/s1. The van der Waals surface area contributed by atoms with E-state index in [1.54, 1.807) is 6.92 Å². The number of aryl methyl sites for hydroxylation is 1. The smallest absolute Gasteiger partial charge is 0.263 e. The van der Waals surface area contributed by atoms with Crippen LogP contribution in [0.25, 0.3) is 0 Å². The molecule has 0 unspecified atom stereocenters. The molecule has 0 radical (unpaired) electrons. The van der Waals surface area contributed by atoms with Crippen molar-refractivity contribution in [3.8, 4) is 0 Å². The number of hydrogen-bond acceptors (Lipinski definition) is 4. The molecule has 0 aromatic heterocycles. The fourth-order valence-corrected chi connectivity index (χ4v) is 4.63. The van der Waals surface area contributed by atoms with Crippen LogP contribution >= 0.6 is 0 Å². The third-order valence-electron chi connectivity index (χ3n) is 4.12. The van der Waals surface area contributed by atoms with Crippen LogP contribution < -0.4 is 4.31 Å². The first-order valence-corrected chi connectivity index (χ1v) is 8.82. The fourth-order valence-electron chi connectivity index (χ4n) is 2.91. The van der Waals surface area contributed by atoms with Gasteiger partial charge in [-0.15, -0.1) is 0 Å². The van der Waals surface area contributed by atoms with Gasteiger partial charge >= 0.3 is 0 Å². The van der Waals surface area contributed by atoms with Crippen molar-refractivity contribution in [2.45, 2.75) is 30.7 Å². The first-order chi connectivity index (χ1) is 11.3. The Hall–Kier alpha value is -2.48. The predicted octanol–water partition coefficient (Wildman–Crippen LogP) is 3.26. The van der Waals surface area contributed by atoms with E-state index in [1.807, 2.05) is 0 Å². The maximum absolute atomic E-state index is 13.4. The molecular weight excluding hydrogens is 335 g/mol. The van der Waals surface area contributed by atoms with Crippen molar-refractivity contribution in [2.75, 3.05) is 4.31 Å². The van der Waals surface area contributed by atoms with Crippen LogP contribution in [0.15, 0.2) is 47.4 Å². The molecule has 1 atom stereocenters. The lowest BCUT2D eigenvalue weighted by molar-refractivity contribution is -0.384. The minimum absolute atomic E-state index is 0.0304. The second-order valence-corrected chi connectivity index (χ2v) is 7.53. The van der Waals surface area contributed by atoms with Crippen LogP contribution in [0.3, 0.4) is 0 Å². The average molecular weight is 350 g/mol. The summed E-state index contributed by atoms with van der Waals surface area (Å²) in [6, 6.07) is 8.51. The van der Waals surface area contributed by atoms with Gasteiger partial charge in [0.15, 0.2) is 0 Å². The highest BCUT2D eigenvalue weighted by molar-refractivity contribution is 7.92. The van der Waals surface area contributed by atoms with Crippen molar-refractivity contribution in [2.24, 2.45) is 0 Å². The van der Waals surface area contributed by atoms with Crippen molar-refractivity contribution in [1.29, 1.82) is 0 Å². The summed E-state index contributed by atoms with van der Waals surface area (Å²) in [7, 11) is -3.89. The molecular formula is C16H15FN2O4S. The van der Waals surface area contributed by atoms with E-state index in [9.17, 15) is 22.9 Å². The summed E-state index contributed by atoms with van der Waals surface area (Å²) in [5.41, 5.74) is 0.912. The number of benzene rings is 2. The SMILES string of the molecule is C[C@H]1CCc2cc(F)ccc2N1S(=O)(=O)c1ccc([N+](=O)[O-])cc1. The molecule has 0 fully saturated rings. The maximum Gasteiger partial charge on any atom is 0.269 e. The van der Waals surface area contributed by atoms with E-state index >= 15 is 0 Å². The van der Waals surface area contributed by atoms with Crippen molar-refractivity contribution in [1.82, 2.24) is 0 Å². The van der Waals surface area contributed by atoms with E-state index in [-0.39, 0.29) is 16.6 Å². The summed E-state index contributed by atoms with van der Waals surface area (Å²) in [6.07, 6.45) is 1.17. The summed E-state index contributed by atoms with van der Waals surface area (Å²) in [4.78, 5) is 10.1. The molecule has 1 aliphatic rings. The zero-order chi connectivity index (χ0) is 17.5. The van der Waals surface area contributed by atoms with Crippen LogP contribution in [-0.4, -0.2) is 19.4 Å². The first kappa shape index (κ1) is 16.4. The molecule has 0 saturated heterocycles. The molecule has 8 heteroatoms. The van der Waals surface area contributed by atoms with Crippen molar-refractivity contribution in [3.05, 3.63) is 64.0 Å². The lowest BCUT2D eigenvalue weighted by Gasteiger charge is -2.36. The van der Waals surface area contributed by atoms with Gasteiger partial charge < -0.3 is 0 Å². The third kappa shape index (κ3) is 2.73. The highest BCUT2D eigenvalue weighted by Crippen LogP contribution is 2.35. The summed E-state index contributed by atoms with van der Waals surface area (Å²) >= 11 is 0. The Bertz CT molecular complexity index is 897. The quantitative estimate of drug-likeness (QED) is 0.628. The second-order valence-electron chi connectivity index (χ2n) is 5.71. The number of sulfonamides is 1. The Morgan fingerprint density at radius 2 is 1.88 bits per heavy atom. The molecule has 2 aromatic rings. The number of non-ortho nitro benzene ring substituents is 1. The topological polar surface area (TPSA) is 80.5 Å². The fraction of sp³-hybridized carbons (Fsp3) is 0.250. The predicted molar refractivity (Wildman–Crippen MR) is 86.9 cm³/mol. The van der Waals surface area contributed by atoms with Gasteiger partial charge in [0.2, 0.25) is 0 Å². The summed E-state index contributed by atoms with van der Waals surface area (Å²) in [6.45, 7) is 1.79. The second kappa shape index (κ2) is 5.86. The third-order valence-corrected chi connectivity index (χ3v) is 6.06. The Kier molecular flexibility index (Phi) is 4.00. The number of hydrogen-bond donors (Lipinski definition) is 0. The Morgan fingerprint density at radius 3 is 2.50 bits per heavy atom. The molecule has 24 heavy (non-hydrogen) atoms. The van der Waals surface area contributed by atoms with E-state index in [0.717, 1.165) is 12.1 Å². The molecule has 2 aromatic carbocycles. The molecule has 6 nitrogen and oxygen atoms in total. The summed E-state index contributed by atoms with van der Waals surface area (Å²) in [5.74, 6) is -0.406. The number of rotatable bonds is 3. The highest BCUT2D eigenvalue weighted by Gasteiger charge is 2.34. The van der Waals surface area contributed by atoms with Crippen LogP contribution in [0.2, 0.25) is 0 Å². The minimum Gasteiger partial charge on any atom is -0.263 e. The normalized spacial score (nSPS) is 17.4. The lowest BCUT2D eigenvalue weighted by atomic mass is 9.99. The van der Waals surface area contributed by atoms with E-state index in [1.165, 1.54) is 34.6 Å². The number of nitro benzene ring substituents is 1. The monoisotopic (exact) mass is 350 g/mol. The van der Waals surface area contributed by atoms with Crippen molar-refractivity contribution >= 4 is 21.4 Å². The van der Waals surface area contributed by atoms with Crippen LogP contribution in [-0.2, 0) is 16.4 Å². The van der Waals surface area contributed by atoms with E-state index in [2.05, 4.69) is 0 Å². The average Bonchev–Trinajstić information content (AvgIpc) is 2.54. The molecule has 1 heterocycles. The van der Waals surface area contributed by atoms with Crippen LogP contribution in [0.4, 0.5) is 15.8 Å². The Labute approximate surface area is 138 Å². The molecule has 0 bridgehead atoms. The highest BCUT2D eigenvalue weighted by atomic mass is 32.2. The van der Waals surface area contributed by atoms with Crippen LogP contribution in [0.1, 0.15) is 18.9 Å². The molecule has 3 rings (SSSR count). The Morgan fingerprint density at radius 1 is 1.21 bits per heavy atom. The first-order valence-electron chi connectivity index (χ1n) is 7.38. The van der Waals surface area contributed by atoms with Gasteiger partial charge in [0.05, 0.1) is 15.5 Å². The number of halogens is 1. The molecule has 0 aliphatic carbocycles. The van der Waals surface area contributed by atoms with Crippen LogP contribution in [0.5, 0.6) is 0 Å². The van der Waals surface area contributed by atoms with Gasteiger partial charge in [0.1, 0.15) is 5.82 Å². The molecule has 0 N–H and O–H groups in total. The van der Waals surface area contributed by atoms with Crippen molar-refractivity contribution in [3.63, 3.8) is 0 Å². The van der Waals surface area contributed by atoms with Gasteiger partial charge in [0, 0.05) is 18.2 Å². The number of fused-ring (bicyclic) bond motifs is 1. The number of nitro groups is 1. The van der Waals surface area contributed by atoms with Gasteiger partial charge in [-0.2, -0.15) is 0 Å². The lowest BCUT2D eigenvalue weighted by Crippen LogP contribution is -2.42. The largest absolute Gasteiger partial charge is 0.269 e. The van der Waals surface area contributed by atoms with Crippen LogP contribution in [0, 0.1) is 15.9 Å². The zero-order valence-corrected chi connectivity index (χ0v) is 13.7. The Balaban J connectivity index is 2.08. The molecule has 126 valence electrons. The zero-order valence-electron chi connectivity index (χ0n) is 12.8. The van der Waals surface area contributed by atoms with Gasteiger partial charge in [-0.25, -0.2) is 12.8 Å². The maximum atomic E-state index is 13.4. The van der Waals surface area contributed by atoms with Gasteiger partial charge in [-0.05, 0) is 55.7 Å². The van der Waals surface area contributed by atoms with E-state index in [4.69, 9.17) is 0 Å². The number of anilines is 1. The molecule has 0 spiro atoms. The molecule has 0 saturated carbocycles. The van der Waals surface area contributed by atoms with Gasteiger partial charge in [0.25, 0.3) is 15.7 Å². The number of nitrogens with zero attached hydrogens (tertiary/aromatic N) is 2. The van der Waals surface area contributed by atoms with Gasteiger partial charge in [-0.3, -0.25) is 14.4 Å². The summed E-state index contributed by atoms with van der Waals surface area (Å²) < 4.78 is 40.7. The van der Waals surface area contributed by atoms with Gasteiger partial charge in [-0.1, -0.05) is 0 Å². The van der Waals surface area contributed by atoms with Crippen molar-refractivity contribution < 1.29 is 17.7 Å². The summed E-state index contributed by atoms with van der Waals surface area (Å²) in [5, 5.41) is 10.7. The minimum atomic E-state index is -3.89. The molecule has 0 amide bonds.